The molecule has 0 unspecified atom stereocenters. The van der Waals surface area contributed by atoms with Crippen LogP contribution >= 0.6 is 0 Å². The second-order valence-corrected chi connectivity index (χ2v) is 6.48. The number of hydrogen-bond donors (Lipinski definition) is 1. The van der Waals surface area contributed by atoms with E-state index in [0.29, 0.717) is 11.1 Å². The van der Waals surface area contributed by atoms with Crippen molar-refractivity contribution in [3.05, 3.63) is 29.3 Å². The maximum absolute atomic E-state index is 11.8. The van der Waals surface area contributed by atoms with Crippen molar-refractivity contribution in [3.8, 4) is 0 Å². The van der Waals surface area contributed by atoms with E-state index in [-0.39, 0.29) is 16.8 Å². The Kier molecular flexibility index (Phi) is 2.95. The summed E-state index contributed by atoms with van der Waals surface area (Å²) in [7, 11) is -3.28. The van der Waals surface area contributed by atoms with Gasteiger partial charge in [-0.15, -0.1) is 0 Å². The van der Waals surface area contributed by atoms with Crippen LogP contribution in [-0.2, 0) is 9.84 Å². The number of benzene rings is 1. The molecule has 0 spiro atoms. The highest BCUT2D eigenvalue weighted by atomic mass is 32.2. The maximum atomic E-state index is 11.8. The molecule has 17 heavy (non-hydrogen) atoms. The van der Waals surface area contributed by atoms with E-state index < -0.39 is 9.84 Å². The van der Waals surface area contributed by atoms with E-state index in [2.05, 4.69) is 5.32 Å². The summed E-state index contributed by atoms with van der Waals surface area (Å²) in [6.07, 6.45) is 3.17. The summed E-state index contributed by atoms with van der Waals surface area (Å²) in [5, 5.41) is 2.83. The molecule has 1 aromatic rings. The fourth-order valence-electron chi connectivity index (χ4n) is 1.64. The highest BCUT2D eigenvalue weighted by Gasteiger charge is 2.24. The molecule has 1 amide bonds. The second-order valence-electron chi connectivity index (χ2n) is 4.50. The first-order valence-electron chi connectivity index (χ1n) is 5.49. The molecule has 0 aliphatic heterocycles. The maximum Gasteiger partial charge on any atom is 0.251 e. The zero-order valence-electron chi connectivity index (χ0n) is 9.86. The highest BCUT2D eigenvalue weighted by Crippen LogP contribution is 2.21. The van der Waals surface area contributed by atoms with Gasteiger partial charge >= 0.3 is 0 Å². The van der Waals surface area contributed by atoms with Gasteiger partial charge in [-0.3, -0.25) is 4.79 Å². The first-order chi connectivity index (χ1) is 7.88. The van der Waals surface area contributed by atoms with E-state index in [1.807, 2.05) is 0 Å². The normalized spacial score (nSPS) is 15.6. The van der Waals surface area contributed by atoms with Crippen molar-refractivity contribution < 1.29 is 13.2 Å². The Labute approximate surface area is 101 Å². The molecule has 1 saturated carbocycles. The van der Waals surface area contributed by atoms with Crippen LogP contribution in [0, 0.1) is 6.92 Å². The number of aryl methyl sites for hydroxylation is 1. The van der Waals surface area contributed by atoms with Gasteiger partial charge < -0.3 is 5.32 Å². The number of sulfone groups is 1. The van der Waals surface area contributed by atoms with Crippen LogP contribution in [0.15, 0.2) is 23.1 Å². The molecule has 0 saturated heterocycles. The fourth-order valence-corrected chi connectivity index (χ4v) is 2.63. The van der Waals surface area contributed by atoms with Gasteiger partial charge in [-0.1, -0.05) is 6.07 Å². The van der Waals surface area contributed by atoms with Crippen molar-refractivity contribution >= 4 is 15.7 Å². The fraction of sp³-hybridized carbons (Fsp3) is 0.417. The first kappa shape index (κ1) is 12.1. The molecular weight excluding hydrogens is 238 g/mol. The van der Waals surface area contributed by atoms with Crippen molar-refractivity contribution in [1.82, 2.24) is 5.32 Å². The zero-order chi connectivity index (χ0) is 12.6. The lowest BCUT2D eigenvalue weighted by Gasteiger charge is -2.07. The molecule has 1 aromatic carbocycles. The molecule has 92 valence electrons. The number of carbonyl (C=O) groups is 1. The molecule has 0 heterocycles. The minimum absolute atomic E-state index is 0.197. The van der Waals surface area contributed by atoms with Crippen LogP contribution in [-0.4, -0.2) is 26.6 Å². The Bertz CT molecular complexity index is 559. The minimum Gasteiger partial charge on any atom is -0.349 e. The third kappa shape index (κ3) is 2.85. The average molecular weight is 253 g/mol. The zero-order valence-corrected chi connectivity index (χ0v) is 10.7. The second kappa shape index (κ2) is 4.14. The molecule has 1 N–H and O–H groups in total. The lowest BCUT2D eigenvalue weighted by molar-refractivity contribution is 0.0951. The van der Waals surface area contributed by atoms with Crippen LogP contribution in [0.1, 0.15) is 28.8 Å². The topological polar surface area (TPSA) is 63.2 Å². The number of hydrogen-bond acceptors (Lipinski definition) is 3. The summed E-state index contributed by atoms with van der Waals surface area (Å²) in [5.41, 5.74) is 1.07. The predicted molar refractivity (Wildman–Crippen MR) is 64.8 cm³/mol. The van der Waals surface area contributed by atoms with Gasteiger partial charge in [-0.05, 0) is 37.5 Å². The summed E-state index contributed by atoms with van der Waals surface area (Å²) in [6.45, 7) is 1.72. The monoisotopic (exact) mass is 253 g/mol. The van der Waals surface area contributed by atoms with Gasteiger partial charge in [0.05, 0.1) is 4.90 Å². The molecule has 5 heteroatoms. The smallest absolute Gasteiger partial charge is 0.251 e. The third-order valence-corrected chi connectivity index (χ3v) is 4.00. The van der Waals surface area contributed by atoms with Gasteiger partial charge in [0.15, 0.2) is 9.84 Å². The van der Waals surface area contributed by atoms with Crippen LogP contribution in [0.4, 0.5) is 0 Å². The largest absolute Gasteiger partial charge is 0.349 e. The molecule has 2 rings (SSSR count). The first-order valence-corrected chi connectivity index (χ1v) is 7.38. The molecular formula is C12H15NO3S. The third-order valence-electron chi connectivity index (χ3n) is 2.76. The highest BCUT2D eigenvalue weighted by molar-refractivity contribution is 7.90. The van der Waals surface area contributed by atoms with Crippen LogP contribution < -0.4 is 5.32 Å². The van der Waals surface area contributed by atoms with Crippen molar-refractivity contribution in [2.45, 2.75) is 30.7 Å². The van der Waals surface area contributed by atoms with Gasteiger partial charge in [0, 0.05) is 17.9 Å². The minimum atomic E-state index is -3.28. The van der Waals surface area contributed by atoms with E-state index in [0.717, 1.165) is 19.1 Å². The number of rotatable bonds is 3. The van der Waals surface area contributed by atoms with Crippen LogP contribution in [0.2, 0.25) is 0 Å². The van der Waals surface area contributed by atoms with E-state index in [1.54, 1.807) is 19.1 Å². The van der Waals surface area contributed by atoms with Crippen molar-refractivity contribution in [2.75, 3.05) is 6.26 Å². The Morgan fingerprint density at radius 1 is 1.35 bits per heavy atom. The molecule has 0 atom stereocenters. The Morgan fingerprint density at radius 2 is 2.00 bits per heavy atom. The Balaban J connectivity index is 2.33. The van der Waals surface area contributed by atoms with E-state index >= 15 is 0 Å². The predicted octanol–water partition coefficient (Wildman–Crippen LogP) is 1.29. The van der Waals surface area contributed by atoms with Crippen molar-refractivity contribution in [1.29, 1.82) is 0 Å². The number of amides is 1. The van der Waals surface area contributed by atoms with E-state index in [1.165, 1.54) is 6.07 Å². The molecule has 4 nitrogen and oxygen atoms in total. The average Bonchev–Trinajstić information content (AvgIpc) is 3.00. The SMILES string of the molecule is Cc1ccc(C(=O)NC2CC2)cc1S(C)(=O)=O. The number of carbonyl (C=O) groups excluding carboxylic acids is 1. The summed E-state index contributed by atoms with van der Waals surface area (Å²) in [5.74, 6) is -0.197. The Morgan fingerprint density at radius 3 is 2.53 bits per heavy atom. The van der Waals surface area contributed by atoms with Crippen LogP contribution in [0.3, 0.4) is 0 Å². The molecule has 0 radical (unpaired) electrons. The molecule has 1 aliphatic rings. The van der Waals surface area contributed by atoms with Gasteiger partial charge in [0.25, 0.3) is 5.91 Å². The quantitative estimate of drug-likeness (QED) is 0.883. The van der Waals surface area contributed by atoms with Crippen molar-refractivity contribution in [3.63, 3.8) is 0 Å². The summed E-state index contributed by atoms with van der Waals surface area (Å²) < 4.78 is 23.1. The Hall–Kier alpha value is -1.36. The number of nitrogens with one attached hydrogen (secondary N) is 1. The lowest BCUT2D eigenvalue weighted by Crippen LogP contribution is -2.25. The van der Waals surface area contributed by atoms with Crippen LogP contribution in [0.5, 0.6) is 0 Å². The molecule has 0 bridgehead atoms. The summed E-state index contributed by atoms with van der Waals surface area (Å²) in [6, 6.07) is 5.04. The molecule has 1 fully saturated rings. The standard InChI is InChI=1S/C12H15NO3S/c1-8-3-4-9(7-11(8)17(2,15)16)12(14)13-10-5-6-10/h3-4,7,10H,5-6H2,1-2H3,(H,13,14). The van der Waals surface area contributed by atoms with Gasteiger partial charge in [0.1, 0.15) is 0 Å². The van der Waals surface area contributed by atoms with Gasteiger partial charge in [-0.2, -0.15) is 0 Å². The van der Waals surface area contributed by atoms with E-state index in [9.17, 15) is 13.2 Å². The van der Waals surface area contributed by atoms with Gasteiger partial charge in [-0.25, -0.2) is 8.42 Å². The lowest BCUT2D eigenvalue weighted by atomic mass is 10.1. The molecule has 1 aliphatic carbocycles. The van der Waals surface area contributed by atoms with Gasteiger partial charge in [0.2, 0.25) is 0 Å². The summed E-state index contributed by atoms with van der Waals surface area (Å²) >= 11 is 0. The summed E-state index contributed by atoms with van der Waals surface area (Å²) in [4.78, 5) is 12.0. The molecule has 0 aromatic heterocycles. The van der Waals surface area contributed by atoms with E-state index in [4.69, 9.17) is 0 Å². The van der Waals surface area contributed by atoms with Crippen molar-refractivity contribution in [2.24, 2.45) is 0 Å². The van der Waals surface area contributed by atoms with Crippen LogP contribution in [0.25, 0.3) is 0 Å².